The quantitative estimate of drug-likeness (QED) is 0.383. The van der Waals surface area contributed by atoms with E-state index in [9.17, 15) is 4.79 Å². The number of fused-ring (bicyclic) bond motifs is 1. The van der Waals surface area contributed by atoms with E-state index >= 15 is 0 Å². The molecule has 0 saturated carbocycles. The molecule has 0 saturated heterocycles. The van der Waals surface area contributed by atoms with E-state index in [4.69, 9.17) is 16.6 Å². The first-order chi connectivity index (χ1) is 15.3. The summed E-state index contributed by atoms with van der Waals surface area (Å²) in [6.45, 7) is 9.01. The molecule has 0 radical (unpaired) electrons. The average Bonchev–Trinajstić information content (AvgIpc) is 3.23. The Labute approximate surface area is 193 Å². The van der Waals surface area contributed by atoms with Crippen LogP contribution in [0.4, 0.5) is 5.69 Å². The van der Waals surface area contributed by atoms with Crippen LogP contribution in [0, 0.1) is 27.7 Å². The van der Waals surface area contributed by atoms with Crippen molar-refractivity contribution in [3.8, 4) is 0 Å². The number of aromatic amines is 1. The van der Waals surface area contributed by atoms with Crippen molar-refractivity contribution in [1.82, 2.24) is 9.88 Å². The van der Waals surface area contributed by atoms with Crippen molar-refractivity contribution in [3.05, 3.63) is 98.7 Å². The molecule has 0 atom stereocenters. The largest absolute Gasteiger partial charge is 0.467 e. The molecule has 2 N–H and O–H groups in total. The lowest BCUT2D eigenvalue weighted by atomic mass is 10.0. The second kappa shape index (κ2) is 9.01. The number of nitrogens with zero attached hydrogens (tertiary/aromatic N) is 1. The van der Waals surface area contributed by atoms with Crippen LogP contribution >= 0.6 is 12.2 Å². The van der Waals surface area contributed by atoms with Gasteiger partial charge in [-0.2, -0.15) is 0 Å². The predicted octanol–water partition coefficient (Wildman–Crippen LogP) is 5.75. The van der Waals surface area contributed by atoms with Gasteiger partial charge in [-0.25, -0.2) is 0 Å². The Balaban J connectivity index is 1.67. The second-order valence-electron chi connectivity index (χ2n) is 8.35. The van der Waals surface area contributed by atoms with Crippen molar-refractivity contribution in [2.24, 2.45) is 0 Å². The molecule has 0 fully saturated rings. The molecule has 0 aliphatic heterocycles. The molecule has 0 aliphatic rings. The van der Waals surface area contributed by atoms with Gasteiger partial charge in [-0.3, -0.25) is 4.79 Å². The summed E-state index contributed by atoms with van der Waals surface area (Å²) >= 11 is 5.77. The second-order valence-corrected chi connectivity index (χ2v) is 8.74. The molecule has 6 heteroatoms. The monoisotopic (exact) mass is 445 g/mol. The number of anilines is 1. The molecule has 2 aromatic carbocycles. The van der Waals surface area contributed by atoms with Gasteiger partial charge in [0, 0.05) is 22.2 Å². The lowest BCUT2D eigenvalue weighted by Crippen LogP contribution is -2.35. The van der Waals surface area contributed by atoms with Gasteiger partial charge in [-0.15, -0.1) is 0 Å². The number of hydrogen-bond acceptors (Lipinski definition) is 3. The van der Waals surface area contributed by atoms with Gasteiger partial charge in [-0.1, -0.05) is 23.8 Å². The summed E-state index contributed by atoms with van der Waals surface area (Å²) < 4.78 is 5.56. The number of H-pyrrole nitrogens is 1. The maximum atomic E-state index is 12.9. The summed E-state index contributed by atoms with van der Waals surface area (Å²) in [5.74, 6) is 0.777. The van der Waals surface area contributed by atoms with Gasteiger partial charge in [0.05, 0.1) is 19.4 Å². The van der Waals surface area contributed by atoms with Crippen LogP contribution in [0.5, 0.6) is 0 Å². The summed E-state index contributed by atoms with van der Waals surface area (Å²) in [4.78, 5) is 17.9. The van der Waals surface area contributed by atoms with Gasteiger partial charge in [-0.05, 0) is 86.9 Å². The fourth-order valence-electron chi connectivity index (χ4n) is 3.98. The molecule has 164 valence electrons. The Bertz CT molecular complexity index is 1340. The molecule has 2 aromatic heterocycles. The number of thiocarbonyl (C=S) groups is 1. The summed E-state index contributed by atoms with van der Waals surface area (Å²) in [5.41, 5.74) is 6.90. The standard InChI is InChI=1S/C26H27N3O2S/c1-16-7-8-23(19(4)10-16)28-26(32)29(15-21-6-5-9-31-21)14-20-13-22-18(3)11-17(2)12-24(22)27-25(20)30/h5-13H,14-15H2,1-4H3,(H,27,30)(H,28,32). The van der Waals surface area contributed by atoms with E-state index in [1.807, 2.05) is 55.1 Å². The highest BCUT2D eigenvalue weighted by Gasteiger charge is 2.16. The van der Waals surface area contributed by atoms with Crippen LogP contribution in [0.15, 0.2) is 64.0 Å². The molecule has 0 amide bonds. The highest BCUT2D eigenvalue weighted by Crippen LogP contribution is 2.21. The highest BCUT2D eigenvalue weighted by molar-refractivity contribution is 7.80. The SMILES string of the molecule is Cc1ccc(NC(=S)N(Cc2ccco2)Cc2cc3c(C)cc(C)cc3[nH]c2=O)c(C)c1. The maximum absolute atomic E-state index is 12.9. The molecular weight excluding hydrogens is 418 g/mol. The number of pyridine rings is 1. The topological polar surface area (TPSA) is 61.3 Å². The molecular formula is C26H27N3O2S. The van der Waals surface area contributed by atoms with Crippen molar-refractivity contribution >= 4 is 33.9 Å². The minimum Gasteiger partial charge on any atom is -0.467 e. The minimum absolute atomic E-state index is 0.110. The number of benzene rings is 2. The van der Waals surface area contributed by atoms with E-state index in [1.54, 1.807) is 6.26 Å². The number of furan rings is 1. The van der Waals surface area contributed by atoms with Gasteiger partial charge >= 0.3 is 0 Å². The number of rotatable bonds is 5. The smallest absolute Gasteiger partial charge is 0.253 e. The third kappa shape index (κ3) is 4.75. The van der Waals surface area contributed by atoms with E-state index in [1.165, 1.54) is 5.56 Å². The zero-order chi connectivity index (χ0) is 22.8. The molecule has 0 aliphatic carbocycles. The fraction of sp³-hybridized carbons (Fsp3) is 0.231. The normalized spacial score (nSPS) is 11.0. The highest BCUT2D eigenvalue weighted by atomic mass is 32.1. The van der Waals surface area contributed by atoms with Gasteiger partial charge < -0.3 is 19.6 Å². The summed E-state index contributed by atoms with van der Waals surface area (Å²) in [5, 5.41) is 4.92. The van der Waals surface area contributed by atoms with E-state index in [2.05, 4.69) is 36.3 Å². The van der Waals surface area contributed by atoms with Gasteiger partial charge in [0.1, 0.15) is 5.76 Å². The first kappa shape index (κ1) is 21.8. The number of hydrogen-bond donors (Lipinski definition) is 2. The molecule has 4 rings (SSSR count). The van der Waals surface area contributed by atoms with Crippen LogP contribution in [-0.2, 0) is 13.1 Å². The Kier molecular flexibility index (Phi) is 6.15. The van der Waals surface area contributed by atoms with Crippen molar-refractivity contribution in [2.45, 2.75) is 40.8 Å². The van der Waals surface area contributed by atoms with Crippen molar-refractivity contribution in [3.63, 3.8) is 0 Å². The van der Waals surface area contributed by atoms with Crippen molar-refractivity contribution in [1.29, 1.82) is 0 Å². The van der Waals surface area contributed by atoms with E-state index in [0.29, 0.717) is 23.8 Å². The van der Waals surface area contributed by atoms with Gasteiger partial charge in [0.25, 0.3) is 5.56 Å². The Hall–Kier alpha value is -3.38. The average molecular weight is 446 g/mol. The van der Waals surface area contributed by atoms with Crippen LogP contribution in [-0.4, -0.2) is 15.0 Å². The summed E-state index contributed by atoms with van der Waals surface area (Å²) in [6.07, 6.45) is 1.64. The fourth-order valence-corrected chi connectivity index (χ4v) is 4.22. The molecule has 5 nitrogen and oxygen atoms in total. The van der Waals surface area contributed by atoms with Gasteiger partial charge in [0.15, 0.2) is 5.11 Å². The molecule has 2 heterocycles. The Morgan fingerprint density at radius 2 is 1.78 bits per heavy atom. The lowest BCUT2D eigenvalue weighted by Gasteiger charge is -2.25. The molecule has 4 aromatic rings. The number of aromatic nitrogens is 1. The van der Waals surface area contributed by atoms with Crippen molar-refractivity contribution < 1.29 is 4.42 Å². The van der Waals surface area contributed by atoms with E-state index < -0.39 is 0 Å². The predicted molar refractivity (Wildman–Crippen MR) is 134 cm³/mol. The van der Waals surface area contributed by atoms with Gasteiger partial charge in [0.2, 0.25) is 0 Å². The van der Waals surface area contributed by atoms with Crippen LogP contribution < -0.4 is 10.9 Å². The van der Waals surface area contributed by atoms with E-state index in [0.717, 1.165) is 39.0 Å². The molecule has 32 heavy (non-hydrogen) atoms. The number of aryl methyl sites for hydroxylation is 4. The Morgan fingerprint density at radius 3 is 2.50 bits per heavy atom. The first-order valence-corrected chi connectivity index (χ1v) is 11.0. The number of nitrogens with one attached hydrogen (secondary N) is 2. The van der Waals surface area contributed by atoms with Crippen LogP contribution in [0.2, 0.25) is 0 Å². The van der Waals surface area contributed by atoms with Crippen LogP contribution in [0.1, 0.15) is 33.6 Å². The maximum Gasteiger partial charge on any atom is 0.253 e. The summed E-state index contributed by atoms with van der Waals surface area (Å²) in [7, 11) is 0. The van der Waals surface area contributed by atoms with Crippen LogP contribution in [0.25, 0.3) is 10.9 Å². The summed E-state index contributed by atoms with van der Waals surface area (Å²) in [6, 6.07) is 16.0. The van der Waals surface area contributed by atoms with Crippen LogP contribution in [0.3, 0.4) is 0 Å². The lowest BCUT2D eigenvalue weighted by molar-refractivity contribution is 0.359. The molecule has 0 unspecified atom stereocenters. The minimum atomic E-state index is -0.110. The van der Waals surface area contributed by atoms with Crippen molar-refractivity contribution in [2.75, 3.05) is 5.32 Å². The zero-order valence-corrected chi connectivity index (χ0v) is 19.6. The first-order valence-electron chi connectivity index (χ1n) is 10.6. The molecule has 0 bridgehead atoms. The third-order valence-electron chi connectivity index (χ3n) is 5.59. The molecule has 0 spiro atoms. The van der Waals surface area contributed by atoms with E-state index in [-0.39, 0.29) is 5.56 Å². The third-order valence-corrected chi connectivity index (χ3v) is 5.95. The Morgan fingerprint density at radius 1 is 1.00 bits per heavy atom. The zero-order valence-electron chi connectivity index (χ0n) is 18.8.